The number of benzene rings is 1. The van der Waals surface area contributed by atoms with Gasteiger partial charge in [-0.1, -0.05) is 37.1 Å². The number of aliphatic carboxylic acids is 1. The van der Waals surface area contributed by atoms with Crippen LogP contribution in [-0.2, 0) is 11.3 Å². The third kappa shape index (κ3) is 5.61. The smallest absolute Gasteiger partial charge is 0.326 e. The van der Waals surface area contributed by atoms with Crippen molar-refractivity contribution in [2.24, 2.45) is 0 Å². The van der Waals surface area contributed by atoms with Crippen LogP contribution in [0.4, 0.5) is 4.79 Å². The molecule has 0 aliphatic carbocycles. The van der Waals surface area contributed by atoms with Gasteiger partial charge >= 0.3 is 12.0 Å². The highest BCUT2D eigenvalue weighted by Crippen LogP contribution is 2.10. The summed E-state index contributed by atoms with van der Waals surface area (Å²) in [4.78, 5) is 22.5. The maximum absolute atomic E-state index is 11.6. The van der Waals surface area contributed by atoms with Gasteiger partial charge in [0.25, 0.3) is 0 Å². The van der Waals surface area contributed by atoms with E-state index in [-0.39, 0.29) is 0 Å². The first-order valence-electron chi connectivity index (χ1n) is 6.04. The van der Waals surface area contributed by atoms with Crippen molar-refractivity contribution in [1.29, 1.82) is 0 Å². The van der Waals surface area contributed by atoms with E-state index in [0.717, 1.165) is 5.56 Å². The zero-order valence-corrected chi connectivity index (χ0v) is 11.4. The zero-order chi connectivity index (χ0) is 14.3. The maximum atomic E-state index is 11.6. The molecule has 0 radical (unpaired) electrons. The first kappa shape index (κ1) is 15.3. The van der Waals surface area contributed by atoms with Crippen LogP contribution in [0.15, 0.2) is 24.3 Å². The number of rotatable bonds is 6. The van der Waals surface area contributed by atoms with Gasteiger partial charge in [-0.15, -0.1) is 0 Å². The van der Waals surface area contributed by atoms with Crippen molar-refractivity contribution in [1.82, 2.24) is 10.6 Å². The Balaban J connectivity index is 2.44. The molecule has 3 N–H and O–H groups in total. The van der Waals surface area contributed by atoms with Gasteiger partial charge in [-0.25, -0.2) is 9.59 Å². The molecule has 0 spiro atoms. The van der Waals surface area contributed by atoms with E-state index in [1.54, 1.807) is 18.2 Å². The number of carboxylic acids is 1. The summed E-state index contributed by atoms with van der Waals surface area (Å²) in [6.45, 7) is 2.16. The number of amides is 2. The average Bonchev–Trinajstić information content (AvgIpc) is 2.36. The van der Waals surface area contributed by atoms with Crippen LogP contribution in [0.1, 0.15) is 25.3 Å². The second kappa shape index (κ2) is 7.63. The van der Waals surface area contributed by atoms with Gasteiger partial charge in [0.1, 0.15) is 6.04 Å². The minimum absolute atomic E-state index is 0.296. The summed E-state index contributed by atoms with van der Waals surface area (Å²) in [5.41, 5.74) is 0.852. The molecule has 1 aromatic carbocycles. The monoisotopic (exact) mass is 284 g/mol. The van der Waals surface area contributed by atoms with Crippen molar-refractivity contribution < 1.29 is 14.7 Å². The van der Waals surface area contributed by atoms with Crippen molar-refractivity contribution in [3.63, 3.8) is 0 Å². The molecule has 19 heavy (non-hydrogen) atoms. The topological polar surface area (TPSA) is 78.4 Å². The Kier molecular flexibility index (Phi) is 6.15. The number of carboxylic acid groups (broad SMARTS) is 1. The SMILES string of the molecule is CCCC(NC(=O)NCc1cccc(Cl)c1)C(=O)O. The first-order valence-corrected chi connectivity index (χ1v) is 6.42. The van der Waals surface area contributed by atoms with Crippen LogP contribution in [-0.4, -0.2) is 23.1 Å². The molecule has 0 heterocycles. The number of carbonyl (C=O) groups excluding carboxylic acids is 1. The molecule has 0 aliphatic heterocycles. The molecule has 0 aromatic heterocycles. The quantitative estimate of drug-likeness (QED) is 0.750. The van der Waals surface area contributed by atoms with Gasteiger partial charge in [0.2, 0.25) is 0 Å². The van der Waals surface area contributed by atoms with Crippen molar-refractivity contribution in [3.8, 4) is 0 Å². The Morgan fingerprint density at radius 1 is 1.42 bits per heavy atom. The predicted octanol–water partition coefficient (Wildman–Crippen LogP) is 2.39. The lowest BCUT2D eigenvalue weighted by Gasteiger charge is -2.14. The van der Waals surface area contributed by atoms with Gasteiger partial charge < -0.3 is 15.7 Å². The van der Waals surface area contributed by atoms with Crippen LogP contribution in [0.5, 0.6) is 0 Å². The standard InChI is InChI=1S/C13H17ClN2O3/c1-2-4-11(12(17)18)16-13(19)15-8-9-5-3-6-10(14)7-9/h3,5-7,11H,2,4,8H2,1H3,(H,17,18)(H2,15,16,19). The van der Waals surface area contributed by atoms with Crippen LogP contribution < -0.4 is 10.6 Å². The predicted molar refractivity (Wildman–Crippen MR) is 73.2 cm³/mol. The molecule has 0 aliphatic rings. The van der Waals surface area contributed by atoms with Gasteiger partial charge in [-0.3, -0.25) is 0 Å². The van der Waals surface area contributed by atoms with E-state index in [1.165, 1.54) is 0 Å². The number of carbonyl (C=O) groups is 2. The molecule has 5 nitrogen and oxygen atoms in total. The van der Waals surface area contributed by atoms with Crippen molar-refractivity contribution in [2.45, 2.75) is 32.4 Å². The molecule has 2 amide bonds. The Morgan fingerprint density at radius 2 is 2.16 bits per heavy atom. The zero-order valence-electron chi connectivity index (χ0n) is 10.6. The van der Waals surface area contributed by atoms with E-state index in [4.69, 9.17) is 16.7 Å². The second-order valence-corrected chi connectivity index (χ2v) is 4.57. The van der Waals surface area contributed by atoms with Crippen LogP contribution in [0.25, 0.3) is 0 Å². The highest BCUT2D eigenvalue weighted by atomic mass is 35.5. The Morgan fingerprint density at radius 3 is 2.74 bits per heavy atom. The molecule has 6 heteroatoms. The fourth-order valence-corrected chi connectivity index (χ4v) is 1.80. The van der Waals surface area contributed by atoms with Crippen molar-refractivity contribution in [3.05, 3.63) is 34.9 Å². The summed E-state index contributed by atoms with van der Waals surface area (Å²) >= 11 is 5.82. The van der Waals surface area contributed by atoms with Gasteiger partial charge in [-0.2, -0.15) is 0 Å². The van der Waals surface area contributed by atoms with E-state index in [9.17, 15) is 9.59 Å². The minimum atomic E-state index is -1.03. The molecule has 0 fully saturated rings. The molecule has 0 saturated heterocycles. The molecule has 104 valence electrons. The molecule has 1 rings (SSSR count). The van der Waals surface area contributed by atoms with Gasteiger partial charge in [0.05, 0.1) is 0 Å². The summed E-state index contributed by atoms with van der Waals surface area (Å²) in [5, 5.41) is 14.5. The fraction of sp³-hybridized carbons (Fsp3) is 0.385. The van der Waals surface area contributed by atoms with E-state index in [2.05, 4.69) is 10.6 Å². The largest absolute Gasteiger partial charge is 0.480 e. The average molecular weight is 285 g/mol. The summed E-state index contributed by atoms with van der Waals surface area (Å²) in [6, 6.07) is 5.74. The van der Waals surface area contributed by atoms with Crippen LogP contribution in [0.3, 0.4) is 0 Å². The normalized spacial score (nSPS) is 11.7. The Bertz CT molecular complexity index is 451. The lowest BCUT2D eigenvalue weighted by molar-refractivity contribution is -0.139. The third-order valence-electron chi connectivity index (χ3n) is 2.52. The maximum Gasteiger partial charge on any atom is 0.326 e. The molecular weight excluding hydrogens is 268 g/mol. The number of urea groups is 1. The summed E-state index contributed by atoms with van der Waals surface area (Å²) in [6.07, 6.45) is 1.09. The molecule has 1 aromatic rings. The highest BCUT2D eigenvalue weighted by Gasteiger charge is 2.18. The molecule has 1 unspecified atom stereocenters. The number of hydrogen-bond donors (Lipinski definition) is 3. The van der Waals surface area contributed by atoms with Crippen molar-refractivity contribution >= 4 is 23.6 Å². The molecular formula is C13H17ClN2O3. The first-order chi connectivity index (χ1) is 9.02. The van der Waals surface area contributed by atoms with Gasteiger partial charge in [-0.05, 0) is 24.1 Å². The summed E-state index contributed by atoms with van der Waals surface area (Å²) in [7, 11) is 0. The Labute approximate surface area is 117 Å². The van der Waals surface area contributed by atoms with Crippen LogP contribution in [0.2, 0.25) is 5.02 Å². The second-order valence-electron chi connectivity index (χ2n) is 4.14. The molecule has 0 bridgehead atoms. The van der Waals surface area contributed by atoms with Crippen LogP contribution in [0, 0.1) is 0 Å². The summed E-state index contributed by atoms with van der Waals surface area (Å²) in [5.74, 6) is -1.03. The highest BCUT2D eigenvalue weighted by molar-refractivity contribution is 6.30. The van der Waals surface area contributed by atoms with Gasteiger partial charge in [0, 0.05) is 11.6 Å². The van der Waals surface area contributed by atoms with E-state index >= 15 is 0 Å². The van der Waals surface area contributed by atoms with E-state index in [1.807, 2.05) is 13.0 Å². The van der Waals surface area contributed by atoms with E-state index in [0.29, 0.717) is 24.4 Å². The fourth-order valence-electron chi connectivity index (χ4n) is 1.58. The molecule has 1 atom stereocenters. The number of hydrogen-bond acceptors (Lipinski definition) is 2. The summed E-state index contributed by atoms with van der Waals surface area (Å²) < 4.78 is 0. The van der Waals surface area contributed by atoms with Gasteiger partial charge in [0.15, 0.2) is 0 Å². The lowest BCUT2D eigenvalue weighted by atomic mass is 10.2. The number of nitrogens with one attached hydrogen (secondary N) is 2. The van der Waals surface area contributed by atoms with E-state index < -0.39 is 18.0 Å². The Hall–Kier alpha value is -1.75. The molecule has 0 saturated carbocycles. The minimum Gasteiger partial charge on any atom is -0.480 e. The van der Waals surface area contributed by atoms with Crippen molar-refractivity contribution in [2.75, 3.05) is 0 Å². The third-order valence-corrected chi connectivity index (χ3v) is 2.76. The number of halogens is 1. The van der Waals surface area contributed by atoms with Crippen LogP contribution >= 0.6 is 11.6 Å². The lowest BCUT2D eigenvalue weighted by Crippen LogP contribution is -2.45.